The second kappa shape index (κ2) is 5.61. The zero-order valence-electron chi connectivity index (χ0n) is 9.08. The zero-order chi connectivity index (χ0) is 11.4. The molecule has 0 unspecified atom stereocenters. The fourth-order valence-electron chi connectivity index (χ4n) is 2.00. The average Bonchev–Trinajstić information content (AvgIpc) is 2.80. The number of rotatable bonds is 3. The van der Waals surface area contributed by atoms with Crippen molar-refractivity contribution >= 4 is 23.4 Å². The lowest BCUT2D eigenvalue weighted by Crippen LogP contribution is -1.95. The first-order valence-corrected chi connectivity index (χ1v) is 7.02. The fourth-order valence-corrected chi connectivity index (χ4v) is 3.66. The standard InChI is InChI=1S/C13H14ClNS/c14-13-7-10(8-15)5-6-11(13)9-16-12-3-1-2-4-12/h5-7,12H,1-4,9H2. The Kier molecular flexibility index (Phi) is 4.15. The molecule has 0 aliphatic heterocycles. The predicted molar refractivity (Wildman–Crippen MR) is 69.7 cm³/mol. The summed E-state index contributed by atoms with van der Waals surface area (Å²) in [4.78, 5) is 0. The molecule has 1 aromatic carbocycles. The molecule has 0 saturated heterocycles. The van der Waals surface area contributed by atoms with E-state index in [2.05, 4.69) is 6.07 Å². The van der Waals surface area contributed by atoms with E-state index in [1.165, 1.54) is 25.7 Å². The summed E-state index contributed by atoms with van der Waals surface area (Å²) in [5.41, 5.74) is 1.79. The first-order chi connectivity index (χ1) is 7.79. The lowest BCUT2D eigenvalue weighted by Gasteiger charge is -2.09. The van der Waals surface area contributed by atoms with Gasteiger partial charge in [0.2, 0.25) is 0 Å². The molecule has 16 heavy (non-hydrogen) atoms. The molecule has 0 aromatic heterocycles. The topological polar surface area (TPSA) is 23.8 Å². The second-order valence-corrected chi connectivity index (χ2v) is 5.83. The zero-order valence-corrected chi connectivity index (χ0v) is 10.7. The van der Waals surface area contributed by atoms with Crippen LogP contribution in [0.2, 0.25) is 5.02 Å². The molecule has 1 nitrogen and oxygen atoms in total. The number of hydrogen-bond donors (Lipinski definition) is 0. The van der Waals surface area contributed by atoms with Gasteiger partial charge in [-0.2, -0.15) is 17.0 Å². The van der Waals surface area contributed by atoms with Crippen molar-refractivity contribution in [1.29, 1.82) is 5.26 Å². The highest BCUT2D eigenvalue weighted by molar-refractivity contribution is 7.99. The third-order valence-electron chi connectivity index (χ3n) is 2.96. The Balaban J connectivity index is 1.96. The highest BCUT2D eigenvalue weighted by Gasteiger charge is 2.15. The van der Waals surface area contributed by atoms with Gasteiger partial charge in [-0.05, 0) is 30.5 Å². The molecule has 0 atom stereocenters. The van der Waals surface area contributed by atoms with Gasteiger partial charge in [-0.15, -0.1) is 0 Å². The van der Waals surface area contributed by atoms with Crippen molar-refractivity contribution < 1.29 is 0 Å². The first kappa shape index (κ1) is 11.8. The second-order valence-electron chi connectivity index (χ2n) is 4.14. The van der Waals surface area contributed by atoms with Gasteiger partial charge in [-0.25, -0.2) is 0 Å². The quantitative estimate of drug-likeness (QED) is 0.796. The number of nitriles is 1. The lowest BCUT2D eigenvalue weighted by molar-refractivity contribution is 0.886. The van der Waals surface area contributed by atoms with Gasteiger partial charge >= 0.3 is 0 Å². The van der Waals surface area contributed by atoms with Gasteiger partial charge in [0, 0.05) is 16.0 Å². The van der Waals surface area contributed by atoms with Gasteiger partial charge in [-0.3, -0.25) is 0 Å². The molecule has 0 spiro atoms. The molecule has 1 aliphatic carbocycles. The normalized spacial score (nSPS) is 16.2. The largest absolute Gasteiger partial charge is 0.192 e. The maximum Gasteiger partial charge on any atom is 0.0992 e. The van der Waals surface area contributed by atoms with E-state index in [4.69, 9.17) is 16.9 Å². The van der Waals surface area contributed by atoms with E-state index in [9.17, 15) is 0 Å². The molecule has 0 amide bonds. The molecule has 1 saturated carbocycles. The van der Waals surface area contributed by atoms with E-state index in [-0.39, 0.29) is 0 Å². The molecule has 0 heterocycles. The highest BCUT2D eigenvalue weighted by atomic mass is 35.5. The maximum absolute atomic E-state index is 8.74. The summed E-state index contributed by atoms with van der Waals surface area (Å²) < 4.78 is 0. The van der Waals surface area contributed by atoms with Crippen LogP contribution in [0.5, 0.6) is 0 Å². The fraction of sp³-hybridized carbons (Fsp3) is 0.462. The molecule has 0 radical (unpaired) electrons. The van der Waals surface area contributed by atoms with Gasteiger partial charge in [0.15, 0.2) is 0 Å². The minimum absolute atomic E-state index is 0.639. The van der Waals surface area contributed by atoms with Crippen molar-refractivity contribution in [2.45, 2.75) is 36.7 Å². The van der Waals surface area contributed by atoms with Gasteiger partial charge < -0.3 is 0 Å². The van der Waals surface area contributed by atoms with Gasteiger partial charge in [-0.1, -0.05) is 30.5 Å². The van der Waals surface area contributed by atoms with Crippen LogP contribution >= 0.6 is 23.4 Å². The van der Waals surface area contributed by atoms with Crippen LogP contribution < -0.4 is 0 Å². The Labute approximate surface area is 106 Å². The lowest BCUT2D eigenvalue weighted by atomic mass is 10.2. The summed E-state index contributed by atoms with van der Waals surface area (Å²) in [6, 6.07) is 7.68. The molecule has 84 valence electrons. The van der Waals surface area contributed by atoms with Crippen LogP contribution in [0.4, 0.5) is 0 Å². The summed E-state index contributed by atoms with van der Waals surface area (Å²) in [6.45, 7) is 0. The van der Waals surface area contributed by atoms with Crippen LogP contribution in [-0.2, 0) is 5.75 Å². The van der Waals surface area contributed by atoms with Crippen molar-refractivity contribution in [3.8, 4) is 6.07 Å². The average molecular weight is 252 g/mol. The van der Waals surface area contributed by atoms with E-state index in [0.717, 1.165) is 21.6 Å². The Morgan fingerprint density at radius 3 is 2.75 bits per heavy atom. The number of benzene rings is 1. The van der Waals surface area contributed by atoms with Gasteiger partial charge in [0.05, 0.1) is 11.6 Å². The summed E-state index contributed by atoms with van der Waals surface area (Å²) in [5, 5.41) is 10.3. The maximum atomic E-state index is 8.74. The van der Waals surface area contributed by atoms with E-state index in [0.29, 0.717) is 5.56 Å². The Morgan fingerprint density at radius 2 is 2.12 bits per heavy atom. The van der Waals surface area contributed by atoms with Crippen LogP contribution in [0.1, 0.15) is 36.8 Å². The molecule has 2 rings (SSSR count). The van der Waals surface area contributed by atoms with Crippen LogP contribution in [0.3, 0.4) is 0 Å². The number of hydrogen-bond acceptors (Lipinski definition) is 2. The van der Waals surface area contributed by atoms with Crippen LogP contribution in [0.15, 0.2) is 18.2 Å². The summed E-state index contributed by atoms with van der Waals surface area (Å²) in [5.74, 6) is 0.967. The van der Waals surface area contributed by atoms with Crippen molar-refractivity contribution in [1.82, 2.24) is 0 Å². The summed E-state index contributed by atoms with van der Waals surface area (Å²) in [6.07, 6.45) is 5.44. The predicted octanol–water partition coefficient (Wildman–Crippen LogP) is 4.39. The van der Waals surface area contributed by atoms with Crippen LogP contribution in [0.25, 0.3) is 0 Å². The Bertz CT molecular complexity index is 405. The number of thioether (sulfide) groups is 1. The summed E-state index contributed by atoms with van der Waals surface area (Å²) in [7, 11) is 0. The minimum Gasteiger partial charge on any atom is -0.192 e. The van der Waals surface area contributed by atoms with E-state index in [1.807, 2.05) is 23.9 Å². The monoisotopic (exact) mass is 251 g/mol. The smallest absolute Gasteiger partial charge is 0.0992 e. The van der Waals surface area contributed by atoms with E-state index >= 15 is 0 Å². The third-order valence-corrected chi connectivity index (χ3v) is 4.73. The Morgan fingerprint density at radius 1 is 1.38 bits per heavy atom. The number of halogens is 1. The molecule has 0 bridgehead atoms. The molecule has 1 aliphatic rings. The molecule has 3 heteroatoms. The van der Waals surface area contributed by atoms with E-state index in [1.54, 1.807) is 6.07 Å². The third kappa shape index (κ3) is 2.93. The van der Waals surface area contributed by atoms with Crippen LogP contribution in [0, 0.1) is 11.3 Å². The molecule has 1 fully saturated rings. The van der Waals surface area contributed by atoms with Gasteiger partial charge in [0.25, 0.3) is 0 Å². The van der Waals surface area contributed by atoms with Crippen molar-refractivity contribution in [2.24, 2.45) is 0 Å². The summed E-state index contributed by atoms with van der Waals surface area (Å²) >= 11 is 8.13. The minimum atomic E-state index is 0.639. The molecule has 0 N–H and O–H groups in total. The Hall–Kier alpha value is -0.650. The highest BCUT2D eigenvalue weighted by Crippen LogP contribution is 2.33. The van der Waals surface area contributed by atoms with Crippen molar-refractivity contribution in [2.75, 3.05) is 0 Å². The molecular weight excluding hydrogens is 238 g/mol. The van der Waals surface area contributed by atoms with Gasteiger partial charge in [0.1, 0.15) is 0 Å². The van der Waals surface area contributed by atoms with Crippen molar-refractivity contribution in [3.63, 3.8) is 0 Å². The molecular formula is C13H14ClNS. The molecule has 1 aromatic rings. The van der Waals surface area contributed by atoms with Crippen LogP contribution in [-0.4, -0.2) is 5.25 Å². The van der Waals surface area contributed by atoms with E-state index < -0.39 is 0 Å². The SMILES string of the molecule is N#Cc1ccc(CSC2CCCC2)c(Cl)c1. The van der Waals surface area contributed by atoms with Crippen molar-refractivity contribution in [3.05, 3.63) is 34.3 Å². The first-order valence-electron chi connectivity index (χ1n) is 5.60. The number of nitrogens with zero attached hydrogens (tertiary/aromatic N) is 1.